The van der Waals surface area contributed by atoms with Crippen LogP contribution in [0.5, 0.6) is 11.5 Å². The molecule has 0 fully saturated rings. The quantitative estimate of drug-likeness (QED) is 0.236. The minimum Gasteiger partial charge on any atom is -0.505 e. The lowest BCUT2D eigenvalue weighted by Gasteiger charge is -2.22. The van der Waals surface area contributed by atoms with Gasteiger partial charge in [-0.2, -0.15) is 0 Å². The second-order valence-electron chi connectivity index (χ2n) is 7.38. The van der Waals surface area contributed by atoms with E-state index in [0.29, 0.717) is 17.9 Å². The molecular formula is C20H24ClN3O4. The third kappa shape index (κ3) is 5.42. The molecule has 0 unspecified atom stereocenters. The summed E-state index contributed by atoms with van der Waals surface area (Å²) >= 11 is 5.82. The summed E-state index contributed by atoms with van der Waals surface area (Å²) in [5.74, 6) is 0.534. The predicted molar refractivity (Wildman–Crippen MR) is 109 cm³/mol. The first kappa shape index (κ1) is 21.6. The predicted octanol–water partition coefficient (Wildman–Crippen LogP) is 6.85. The number of phenols is 1. The van der Waals surface area contributed by atoms with E-state index >= 15 is 0 Å². The lowest BCUT2D eigenvalue weighted by atomic mass is 9.86. The molecule has 0 bridgehead atoms. The van der Waals surface area contributed by atoms with Crippen LogP contribution in [0.1, 0.15) is 46.1 Å². The Kier molecular flexibility index (Phi) is 6.96. The second-order valence-corrected chi connectivity index (χ2v) is 7.82. The number of hydrogen-bond acceptors (Lipinski definition) is 6. The fraction of sp³-hybridized carbons (Fsp3) is 0.400. The zero-order valence-corrected chi connectivity index (χ0v) is 17.2. The molecule has 0 spiro atoms. The van der Waals surface area contributed by atoms with Crippen LogP contribution in [0.2, 0.25) is 5.02 Å². The molecule has 0 saturated carbocycles. The van der Waals surface area contributed by atoms with Crippen LogP contribution in [0, 0.1) is 10.1 Å². The Morgan fingerprint density at radius 1 is 1.18 bits per heavy atom. The van der Waals surface area contributed by atoms with E-state index in [1.165, 1.54) is 18.2 Å². The van der Waals surface area contributed by atoms with Crippen molar-refractivity contribution in [3.8, 4) is 11.5 Å². The van der Waals surface area contributed by atoms with Crippen molar-refractivity contribution in [1.82, 2.24) is 0 Å². The minimum atomic E-state index is -0.578. The Bertz CT molecular complexity index is 892. The van der Waals surface area contributed by atoms with Crippen molar-refractivity contribution in [1.29, 1.82) is 0 Å². The molecule has 0 aliphatic heterocycles. The van der Waals surface area contributed by atoms with Crippen molar-refractivity contribution < 1.29 is 14.8 Å². The van der Waals surface area contributed by atoms with Crippen LogP contribution in [0.25, 0.3) is 0 Å². The summed E-state index contributed by atoms with van der Waals surface area (Å²) in [6.07, 6.45) is 1.90. The van der Waals surface area contributed by atoms with Crippen LogP contribution in [-0.4, -0.2) is 16.6 Å². The summed E-state index contributed by atoms with van der Waals surface area (Å²) in [7, 11) is 0. The van der Waals surface area contributed by atoms with Crippen molar-refractivity contribution in [2.45, 2.75) is 46.0 Å². The van der Waals surface area contributed by atoms with Crippen LogP contribution in [-0.2, 0) is 5.41 Å². The van der Waals surface area contributed by atoms with Crippen LogP contribution in [0.3, 0.4) is 0 Å². The van der Waals surface area contributed by atoms with E-state index in [-0.39, 0.29) is 33.2 Å². The number of nitro groups is 1. The molecule has 7 nitrogen and oxygen atoms in total. The van der Waals surface area contributed by atoms with Crippen molar-refractivity contribution in [3.63, 3.8) is 0 Å². The number of benzene rings is 2. The molecular weight excluding hydrogens is 382 g/mol. The average molecular weight is 406 g/mol. The van der Waals surface area contributed by atoms with E-state index in [9.17, 15) is 15.2 Å². The van der Waals surface area contributed by atoms with Gasteiger partial charge < -0.3 is 9.84 Å². The van der Waals surface area contributed by atoms with Gasteiger partial charge in [-0.15, -0.1) is 10.2 Å². The SMILES string of the molecule is CCCCOc1cc(N=Nc2ccc(Cl)cc2[N+](=O)[O-])c(O)c(C(C)(C)C)c1. The second kappa shape index (κ2) is 9.01. The zero-order chi connectivity index (χ0) is 20.9. The normalized spacial score (nSPS) is 11.8. The molecule has 0 aliphatic rings. The number of nitro benzene ring substituents is 1. The van der Waals surface area contributed by atoms with Gasteiger partial charge in [0.25, 0.3) is 5.69 Å². The van der Waals surface area contributed by atoms with E-state index in [1.807, 2.05) is 20.8 Å². The summed E-state index contributed by atoms with van der Waals surface area (Å²) in [5, 5.41) is 30.1. The van der Waals surface area contributed by atoms with Crippen LogP contribution in [0.4, 0.5) is 17.1 Å². The van der Waals surface area contributed by atoms with Gasteiger partial charge in [-0.3, -0.25) is 10.1 Å². The third-order valence-electron chi connectivity index (χ3n) is 4.04. The smallest absolute Gasteiger partial charge is 0.298 e. The van der Waals surface area contributed by atoms with E-state index in [2.05, 4.69) is 17.2 Å². The lowest BCUT2D eigenvalue weighted by molar-refractivity contribution is -0.384. The van der Waals surface area contributed by atoms with Gasteiger partial charge in [0.2, 0.25) is 0 Å². The standard InChI is InChI=1S/C20H24ClN3O4/c1-5-6-9-28-14-11-15(20(2,3)4)19(25)17(12-14)23-22-16-8-7-13(21)10-18(16)24(26)27/h7-8,10-12,25H,5-6,9H2,1-4H3. The molecule has 0 aliphatic carbocycles. The van der Waals surface area contributed by atoms with E-state index in [0.717, 1.165) is 12.8 Å². The van der Waals surface area contributed by atoms with Gasteiger partial charge in [0.15, 0.2) is 5.69 Å². The first-order chi connectivity index (χ1) is 13.1. The summed E-state index contributed by atoms with van der Waals surface area (Å²) in [6, 6.07) is 7.47. The molecule has 0 amide bonds. The number of nitrogens with zero attached hydrogens (tertiary/aromatic N) is 3. The molecule has 150 valence electrons. The van der Waals surface area contributed by atoms with Crippen molar-refractivity contribution in [2.24, 2.45) is 10.2 Å². The molecule has 1 N–H and O–H groups in total. The molecule has 0 saturated heterocycles. The highest BCUT2D eigenvalue weighted by molar-refractivity contribution is 6.30. The number of azo groups is 1. The summed E-state index contributed by atoms with van der Waals surface area (Å²) in [6.45, 7) is 8.50. The Morgan fingerprint density at radius 2 is 1.86 bits per heavy atom. The van der Waals surface area contributed by atoms with Crippen molar-refractivity contribution >= 4 is 28.7 Å². The number of halogens is 1. The topological polar surface area (TPSA) is 97.3 Å². The maximum absolute atomic E-state index is 11.2. The molecule has 0 heterocycles. The highest BCUT2D eigenvalue weighted by atomic mass is 35.5. The molecule has 0 atom stereocenters. The van der Waals surface area contributed by atoms with E-state index in [4.69, 9.17) is 16.3 Å². The first-order valence-corrected chi connectivity index (χ1v) is 9.37. The highest BCUT2D eigenvalue weighted by Gasteiger charge is 2.22. The molecule has 28 heavy (non-hydrogen) atoms. The van der Waals surface area contributed by atoms with Crippen LogP contribution < -0.4 is 4.74 Å². The van der Waals surface area contributed by atoms with Crippen LogP contribution in [0.15, 0.2) is 40.6 Å². The van der Waals surface area contributed by atoms with Gasteiger partial charge in [0.05, 0.1) is 11.5 Å². The van der Waals surface area contributed by atoms with E-state index < -0.39 is 4.92 Å². The summed E-state index contributed by atoms with van der Waals surface area (Å²) in [4.78, 5) is 10.6. The molecule has 2 rings (SSSR count). The monoisotopic (exact) mass is 405 g/mol. The number of aromatic hydroxyl groups is 1. The number of ether oxygens (including phenoxy) is 1. The van der Waals surface area contributed by atoms with Gasteiger partial charge in [-0.25, -0.2) is 0 Å². The first-order valence-electron chi connectivity index (χ1n) is 8.99. The number of rotatable bonds is 7. The number of hydrogen-bond donors (Lipinski definition) is 1. The van der Waals surface area contributed by atoms with Gasteiger partial charge in [-0.1, -0.05) is 45.7 Å². The minimum absolute atomic E-state index is 0.0318. The van der Waals surface area contributed by atoms with Gasteiger partial charge in [-0.05, 0) is 30.0 Å². The summed E-state index contributed by atoms with van der Waals surface area (Å²) in [5.41, 5.74) is 0.264. The van der Waals surface area contributed by atoms with Crippen molar-refractivity contribution in [2.75, 3.05) is 6.61 Å². The maximum atomic E-state index is 11.2. The molecule has 8 heteroatoms. The molecule has 2 aromatic rings. The number of unbranched alkanes of at least 4 members (excludes halogenated alkanes) is 1. The van der Waals surface area contributed by atoms with E-state index in [1.54, 1.807) is 12.1 Å². The highest BCUT2D eigenvalue weighted by Crippen LogP contribution is 2.42. The lowest BCUT2D eigenvalue weighted by Crippen LogP contribution is -2.12. The molecule has 2 aromatic carbocycles. The fourth-order valence-corrected chi connectivity index (χ4v) is 2.66. The van der Waals surface area contributed by atoms with Gasteiger partial charge in [0, 0.05) is 22.7 Å². The Balaban J connectivity index is 2.48. The van der Waals surface area contributed by atoms with Gasteiger partial charge >= 0.3 is 0 Å². The Morgan fingerprint density at radius 3 is 2.46 bits per heavy atom. The fourth-order valence-electron chi connectivity index (χ4n) is 2.49. The Hall–Kier alpha value is -2.67. The zero-order valence-electron chi connectivity index (χ0n) is 16.4. The Labute approximate surface area is 169 Å². The largest absolute Gasteiger partial charge is 0.505 e. The average Bonchev–Trinajstić information content (AvgIpc) is 2.61. The van der Waals surface area contributed by atoms with Gasteiger partial charge in [0.1, 0.15) is 17.2 Å². The molecule has 0 radical (unpaired) electrons. The van der Waals surface area contributed by atoms with Crippen molar-refractivity contribution in [3.05, 3.63) is 51.0 Å². The number of phenolic OH excluding ortho intramolecular Hbond substituents is 1. The summed E-state index contributed by atoms with van der Waals surface area (Å²) < 4.78 is 5.77. The maximum Gasteiger partial charge on any atom is 0.298 e. The third-order valence-corrected chi connectivity index (χ3v) is 4.27. The molecule has 0 aromatic heterocycles. The van der Waals surface area contributed by atoms with Crippen LogP contribution >= 0.6 is 11.6 Å².